The van der Waals surface area contributed by atoms with Crippen LogP contribution in [0.1, 0.15) is 12.0 Å². The number of carboxylic acid groups (broad SMARTS) is 1. The van der Waals surface area contributed by atoms with E-state index in [4.69, 9.17) is 12.2 Å². The lowest BCUT2D eigenvalue weighted by molar-refractivity contribution is -0.145. The summed E-state index contributed by atoms with van der Waals surface area (Å²) in [4.78, 5) is 25.4. The monoisotopic (exact) mass is 385 g/mol. The zero-order valence-electron chi connectivity index (χ0n) is 12.6. The van der Waals surface area contributed by atoms with E-state index in [0.717, 1.165) is 22.7 Å². The number of thiocarbonyl (C=S) groups is 1. The highest BCUT2D eigenvalue weighted by Gasteiger charge is 2.40. The number of rotatable bonds is 6. The maximum absolute atomic E-state index is 12.6. The molecule has 0 bridgehead atoms. The molecule has 0 saturated carbocycles. The molecule has 0 aromatic heterocycles. The second kappa shape index (κ2) is 7.91. The molecule has 1 heterocycles. The van der Waals surface area contributed by atoms with Gasteiger partial charge in [-0.1, -0.05) is 24.0 Å². The fourth-order valence-electron chi connectivity index (χ4n) is 2.14. The summed E-state index contributed by atoms with van der Waals surface area (Å²) in [6.07, 6.45) is 3.58. The third-order valence-corrected chi connectivity index (χ3v) is 5.29. The lowest BCUT2D eigenvalue weighted by Gasteiger charge is -2.22. The zero-order valence-corrected chi connectivity index (χ0v) is 15.1. The number of phenolic OH excluding ortho intramolecular Hbond substituents is 2. The molecule has 6 nitrogen and oxygen atoms in total. The van der Waals surface area contributed by atoms with Gasteiger partial charge in [0.05, 0.1) is 4.91 Å². The van der Waals surface area contributed by atoms with Crippen molar-refractivity contribution < 1.29 is 24.9 Å². The molecule has 1 atom stereocenters. The Morgan fingerprint density at radius 3 is 2.75 bits per heavy atom. The van der Waals surface area contributed by atoms with E-state index in [2.05, 4.69) is 0 Å². The molecule has 128 valence electrons. The second-order valence-corrected chi connectivity index (χ2v) is 7.59. The quantitative estimate of drug-likeness (QED) is 0.508. The number of carboxylic acids is 1. The molecule has 0 unspecified atom stereocenters. The maximum Gasteiger partial charge on any atom is 0.326 e. The first-order valence-electron chi connectivity index (χ1n) is 6.86. The highest BCUT2D eigenvalue weighted by atomic mass is 32.2. The predicted molar refractivity (Wildman–Crippen MR) is 99.2 cm³/mol. The van der Waals surface area contributed by atoms with Gasteiger partial charge in [0.15, 0.2) is 0 Å². The first-order valence-corrected chi connectivity index (χ1v) is 9.47. The average molecular weight is 385 g/mol. The molecule has 1 aliphatic rings. The molecule has 0 aliphatic carbocycles. The third-order valence-electron chi connectivity index (χ3n) is 3.32. The van der Waals surface area contributed by atoms with Gasteiger partial charge in [-0.2, -0.15) is 11.8 Å². The fourth-order valence-corrected chi connectivity index (χ4v) is 3.94. The molecule has 1 aromatic carbocycles. The number of aromatic hydroxyl groups is 2. The van der Waals surface area contributed by atoms with E-state index >= 15 is 0 Å². The molecule has 0 spiro atoms. The fraction of sp³-hybridized carbons (Fsp3) is 0.267. The minimum Gasteiger partial charge on any atom is -0.508 e. The van der Waals surface area contributed by atoms with E-state index in [1.54, 1.807) is 0 Å². The van der Waals surface area contributed by atoms with Crippen LogP contribution in [0.15, 0.2) is 23.1 Å². The Hall–Kier alpha value is -1.71. The highest BCUT2D eigenvalue weighted by Crippen LogP contribution is 2.36. The van der Waals surface area contributed by atoms with Gasteiger partial charge >= 0.3 is 5.97 Å². The number of hydrogen-bond donors (Lipinski definition) is 3. The van der Waals surface area contributed by atoms with Crippen molar-refractivity contribution in [2.24, 2.45) is 0 Å². The Morgan fingerprint density at radius 2 is 2.17 bits per heavy atom. The molecule has 24 heavy (non-hydrogen) atoms. The van der Waals surface area contributed by atoms with E-state index in [1.807, 2.05) is 6.26 Å². The van der Waals surface area contributed by atoms with Crippen molar-refractivity contribution in [3.05, 3.63) is 28.7 Å². The number of carbonyl (C=O) groups is 2. The highest BCUT2D eigenvalue weighted by molar-refractivity contribution is 8.26. The van der Waals surface area contributed by atoms with Crippen molar-refractivity contribution in [2.75, 3.05) is 12.0 Å². The second-order valence-electron chi connectivity index (χ2n) is 4.93. The van der Waals surface area contributed by atoms with Gasteiger partial charge in [-0.25, -0.2) is 4.79 Å². The summed E-state index contributed by atoms with van der Waals surface area (Å²) >= 11 is 7.65. The van der Waals surface area contributed by atoms with Gasteiger partial charge in [0.1, 0.15) is 21.9 Å². The topological polar surface area (TPSA) is 98.1 Å². The van der Waals surface area contributed by atoms with Crippen LogP contribution < -0.4 is 0 Å². The number of benzene rings is 1. The zero-order chi connectivity index (χ0) is 17.9. The summed E-state index contributed by atoms with van der Waals surface area (Å²) < 4.78 is 0.179. The lowest BCUT2D eigenvalue weighted by atomic mass is 10.1. The van der Waals surface area contributed by atoms with Gasteiger partial charge in [-0.15, -0.1) is 0 Å². The summed E-state index contributed by atoms with van der Waals surface area (Å²) in [5.41, 5.74) is 0.337. The van der Waals surface area contributed by atoms with Gasteiger partial charge in [-0.05, 0) is 36.6 Å². The molecule has 1 fully saturated rings. The van der Waals surface area contributed by atoms with Crippen LogP contribution in [0.4, 0.5) is 0 Å². The SMILES string of the molecule is CSCC[C@@H](C(=O)O)N1C(=O)/C(=C\c2ccc(O)cc2O)SC1=S. The van der Waals surface area contributed by atoms with Gasteiger partial charge in [0, 0.05) is 11.6 Å². The van der Waals surface area contributed by atoms with Crippen molar-refractivity contribution in [3.63, 3.8) is 0 Å². The Kier molecular flexibility index (Phi) is 6.14. The van der Waals surface area contributed by atoms with Crippen LogP contribution in [0, 0.1) is 0 Å². The van der Waals surface area contributed by atoms with Crippen molar-refractivity contribution in [2.45, 2.75) is 12.5 Å². The van der Waals surface area contributed by atoms with Crippen molar-refractivity contribution in [1.82, 2.24) is 4.90 Å². The Balaban J connectivity index is 2.30. The summed E-state index contributed by atoms with van der Waals surface area (Å²) in [6, 6.07) is 2.99. The number of nitrogens with zero attached hydrogens (tertiary/aromatic N) is 1. The average Bonchev–Trinajstić information content (AvgIpc) is 2.78. The van der Waals surface area contributed by atoms with Crippen LogP contribution in [0.3, 0.4) is 0 Å². The molecule has 0 radical (unpaired) electrons. The Morgan fingerprint density at radius 1 is 1.46 bits per heavy atom. The van der Waals surface area contributed by atoms with Gasteiger partial charge in [0.25, 0.3) is 5.91 Å². The van der Waals surface area contributed by atoms with Gasteiger partial charge in [0.2, 0.25) is 0 Å². The molecule has 1 aromatic rings. The van der Waals surface area contributed by atoms with Crippen LogP contribution in [0.25, 0.3) is 6.08 Å². The van der Waals surface area contributed by atoms with Crippen LogP contribution >= 0.6 is 35.7 Å². The minimum absolute atomic E-state index is 0.0970. The molecule has 2 rings (SSSR count). The number of phenols is 2. The summed E-state index contributed by atoms with van der Waals surface area (Å²) in [6.45, 7) is 0. The maximum atomic E-state index is 12.6. The van der Waals surface area contributed by atoms with Crippen molar-refractivity contribution in [3.8, 4) is 11.5 Å². The van der Waals surface area contributed by atoms with E-state index in [0.29, 0.717) is 17.7 Å². The van der Waals surface area contributed by atoms with Crippen molar-refractivity contribution >= 4 is 58.0 Å². The van der Waals surface area contributed by atoms with E-state index in [1.165, 1.54) is 30.0 Å². The van der Waals surface area contributed by atoms with E-state index in [9.17, 15) is 24.9 Å². The minimum atomic E-state index is -1.10. The molecule has 1 aliphatic heterocycles. The first-order chi connectivity index (χ1) is 11.3. The molecular formula is C15H15NO5S3. The number of carbonyl (C=O) groups excluding carboxylic acids is 1. The molecule has 3 N–H and O–H groups in total. The van der Waals surface area contributed by atoms with Crippen LogP contribution in [-0.2, 0) is 9.59 Å². The smallest absolute Gasteiger partial charge is 0.326 e. The number of amides is 1. The van der Waals surface area contributed by atoms with E-state index < -0.39 is 17.9 Å². The van der Waals surface area contributed by atoms with Gasteiger partial charge < -0.3 is 15.3 Å². The predicted octanol–water partition coefficient (Wildman–Crippen LogP) is 2.51. The molecule has 9 heteroatoms. The lowest BCUT2D eigenvalue weighted by Crippen LogP contribution is -2.44. The molecule has 1 amide bonds. The standard InChI is InChI=1S/C15H15NO5S3/c1-23-5-4-10(14(20)21)16-13(19)12(24-15(16)22)6-8-2-3-9(17)7-11(8)18/h2-3,6-7,10,17-18H,4-5H2,1H3,(H,20,21)/b12-6+/t10-/m0/s1. The largest absolute Gasteiger partial charge is 0.508 e. The van der Waals surface area contributed by atoms with Gasteiger partial charge in [-0.3, -0.25) is 9.69 Å². The van der Waals surface area contributed by atoms with Crippen molar-refractivity contribution in [1.29, 1.82) is 0 Å². The van der Waals surface area contributed by atoms with E-state index in [-0.39, 0.29) is 20.7 Å². The number of thioether (sulfide) groups is 2. The third kappa shape index (κ3) is 4.03. The van der Waals surface area contributed by atoms with Crippen LogP contribution in [0.2, 0.25) is 0 Å². The summed E-state index contributed by atoms with van der Waals surface area (Å²) in [5, 5.41) is 28.5. The first kappa shape index (κ1) is 18.6. The molecular weight excluding hydrogens is 370 g/mol. The number of aliphatic carboxylic acids is 1. The number of hydrogen-bond acceptors (Lipinski definition) is 7. The Bertz CT molecular complexity index is 719. The van der Waals surface area contributed by atoms with Crippen LogP contribution in [-0.4, -0.2) is 54.5 Å². The summed E-state index contributed by atoms with van der Waals surface area (Å²) in [7, 11) is 0. The van der Waals surface area contributed by atoms with Crippen LogP contribution in [0.5, 0.6) is 11.5 Å². The Labute approximate surface area is 152 Å². The normalized spacial score (nSPS) is 17.5. The summed E-state index contributed by atoms with van der Waals surface area (Å²) in [5.74, 6) is -1.29. The molecule has 1 saturated heterocycles.